The summed E-state index contributed by atoms with van der Waals surface area (Å²) in [6.07, 6.45) is 2.72. The number of hydrogen-bond donors (Lipinski definition) is 0. The lowest BCUT2D eigenvalue weighted by Gasteiger charge is -2.04. The predicted octanol–water partition coefficient (Wildman–Crippen LogP) is 2.59. The molecule has 0 spiro atoms. The summed E-state index contributed by atoms with van der Waals surface area (Å²) in [5.74, 6) is 0.767. The van der Waals surface area contributed by atoms with Crippen LogP contribution >= 0.6 is 0 Å². The molecule has 1 aromatic carbocycles. The minimum atomic E-state index is 0.767. The first-order chi connectivity index (χ1) is 8.79. The molecule has 0 aliphatic carbocycles. The van der Waals surface area contributed by atoms with E-state index in [9.17, 15) is 0 Å². The standard InChI is InChI=1S/C14H14N4/c1-3-12-11-9-15-18(2)14(11)17-13(16-12)10-7-5-4-6-8-10/h4-9H,3H2,1-2H3. The molecule has 4 heteroatoms. The Morgan fingerprint density at radius 3 is 2.61 bits per heavy atom. The van der Waals surface area contributed by atoms with E-state index in [-0.39, 0.29) is 0 Å². The molecule has 0 saturated heterocycles. The summed E-state index contributed by atoms with van der Waals surface area (Å²) in [5.41, 5.74) is 2.97. The molecule has 90 valence electrons. The molecule has 0 N–H and O–H groups in total. The average Bonchev–Trinajstić information content (AvgIpc) is 2.81. The highest BCUT2D eigenvalue weighted by Gasteiger charge is 2.10. The molecule has 0 bridgehead atoms. The van der Waals surface area contributed by atoms with Crippen LogP contribution in [0.2, 0.25) is 0 Å². The highest BCUT2D eigenvalue weighted by atomic mass is 15.3. The molecular weight excluding hydrogens is 224 g/mol. The van der Waals surface area contributed by atoms with Crippen LogP contribution in [0.5, 0.6) is 0 Å². The molecule has 0 unspecified atom stereocenters. The van der Waals surface area contributed by atoms with Gasteiger partial charge in [-0.2, -0.15) is 5.10 Å². The van der Waals surface area contributed by atoms with Crippen molar-refractivity contribution in [3.63, 3.8) is 0 Å². The lowest BCUT2D eigenvalue weighted by atomic mass is 10.2. The third kappa shape index (κ3) is 1.66. The van der Waals surface area contributed by atoms with Crippen molar-refractivity contribution in [2.75, 3.05) is 0 Å². The molecule has 4 nitrogen and oxygen atoms in total. The van der Waals surface area contributed by atoms with Crippen molar-refractivity contribution in [3.8, 4) is 11.4 Å². The average molecular weight is 238 g/mol. The van der Waals surface area contributed by atoms with Crippen molar-refractivity contribution in [3.05, 3.63) is 42.2 Å². The highest BCUT2D eigenvalue weighted by molar-refractivity contribution is 5.79. The van der Waals surface area contributed by atoms with Gasteiger partial charge in [-0.05, 0) is 6.42 Å². The predicted molar refractivity (Wildman–Crippen MR) is 71.1 cm³/mol. The molecule has 0 fully saturated rings. The SMILES string of the molecule is CCc1nc(-c2ccccc2)nc2c1cnn2C. The largest absolute Gasteiger partial charge is 0.250 e. The molecule has 18 heavy (non-hydrogen) atoms. The van der Waals surface area contributed by atoms with Gasteiger partial charge >= 0.3 is 0 Å². The van der Waals surface area contributed by atoms with E-state index < -0.39 is 0 Å². The van der Waals surface area contributed by atoms with Crippen LogP contribution in [0.4, 0.5) is 0 Å². The zero-order valence-corrected chi connectivity index (χ0v) is 10.5. The highest BCUT2D eigenvalue weighted by Crippen LogP contribution is 2.21. The Labute approximate surface area is 105 Å². The fraction of sp³-hybridized carbons (Fsp3) is 0.214. The molecule has 3 rings (SSSR count). The van der Waals surface area contributed by atoms with Crippen LogP contribution in [-0.2, 0) is 13.5 Å². The molecule has 2 aromatic heterocycles. The Hall–Kier alpha value is -2.23. The van der Waals surface area contributed by atoms with E-state index in [0.717, 1.165) is 34.5 Å². The van der Waals surface area contributed by atoms with Crippen LogP contribution in [0.15, 0.2) is 36.5 Å². The molecule has 0 amide bonds. The molecule has 2 heterocycles. The summed E-state index contributed by atoms with van der Waals surface area (Å²) >= 11 is 0. The maximum atomic E-state index is 4.64. The van der Waals surface area contributed by atoms with Crippen LogP contribution < -0.4 is 0 Å². The van der Waals surface area contributed by atoms with Crippen LogP contribution in [0, 0.1) is 0 Å². The Balaban J connectivity index is 2.28. The lowest BCUT2D eigenvalue weighted by Crippen LogP contribution is -1.99. The number of hydrogen-bond acceptors (Lipinski definition) is 3. The minimum Gasteiger partial charge on any atom is -0.250 e. The van der Waals surface area contributed by atoms with E-state index in [0.29, 0.717) is 0 Å². The third-order valence-electron chi connectivity index (χ3n) is 3.04. The summed E-state index contributed by atoms with van der Waals surface area (Å²) < 4.78 is 1.79. The van der Waals surface area contributed by atoms with Crippen LogP contribution in [0.1, 0.15) is 12.6 Å². The number of benzene rings is 1. The Bertz CT molecular complexity index is 686. The maximum Gasteiger partial charge on any atom is 0.161 e. The minimum absolute atomic E-state index is 0.767. The normalized spacial score (nSPS) is 11.0. The lowest BCUT2D eigenvalue weighted by molar-refractivity contribution is 0.785. The number of rotatable bonds is 2. The van der Waals surface area contributed by atoms with Gasteiger partial charge in [0.2, 0.25) is 0 Å². The number of aryl methyl sites for hydroxylation is 2. The molecule has 0 radical (unpaired) electrons. The zero-order valence-electron chi connectivity index (χ0n) is 10.5. The Morgan fingerprint density at radius 2 is 1.89 bits per heavy atom. The second kappa shape index (κ2) is 4.22. The summed E-state index contributed by atoms with van der Waals surface area (Å²) in [4.78, 5) is 9.24. The summed E-state index contributed by atoms with van der Waals surface area (Å²) in [6.45, 7) is 2.10. The summed E-state index contributed by atoms with van der Waals surface area (Å²) in [6, 6.07) is 10.0. The molecule has 0 saturated carbocycles. The van der Waals surface area contributed by atoms with E-state index in [1.807, 2.05) is 43.6 Å². The monoisotopic (exact) mass is 238 g/mol. The zero-order chi connectivity index (χ0) is 12.5. The van der Waals surface area contributed by atoms with E-state index >= 15 is 0 Å². The van der Waals surface area contributed by atoms with Gasteiger partial charge in [-0.15, -0.1) is 0 Å². The maximum absolute atomic E-state index is 4.64. The van der Waals surface area contributed by atoms with Gasteiger partial charge in [0.25, 0.3) is 0 Å². The topological polar surface area (TPSA) is 43.6 Å². The van der Waals surface area contributed by atoms with E-state index in [4.69, 9.17) is 0 Å². The van der Waals surface area contributed by atoms with E-state index in [1.165, 1.54) is 0 Å². The van der Waals surface area contributed by atoms with Gasteiger partial charge in [-0.3, -0.25) is 4.68 Å². The van der Waals surface area contributed by atoms with Crippen molar-refractivity contribution < 1.29 is 0 Å². The first kappa shape index (κ1) is 10.9. The number of nitrogens with zero attached hydrogens (tertiary/aromatic N) is 4. The second-order valence-corrected chi connectivity index (χ2v) is 4.22. The van der Waals surface area contributed by atoms with Gasteiger partial charge in [0.1, 0.15) is 0 Å². The number of fused-ring (bicyclic) bond motifs is 1. The fourth-order valence-corrected chi connectivity index (χ4v) is 2.07. The summed E-state index contributed by atoms with van der Waals surface area (Å²) in [7, 11) is 1.91. The van der Waals surface area contributed by atoms with Crippen molar-refractivity contribution >= 4 is 11.0 Å². The van der Waals surface area contributed by atoms with Crippen LogP contribution in [0.25, 0.3) is 22.4 Å². The first-order valence-electron chi connectivity index (χ1n) is 6.03. The van der Waals surface area contributed by atoms with E-state index in [2.05, 4.69) is 22.0 Å². The molecular formula is C14H14N4. The molecule has 0 aliphatic rings. The fourth-order valence-electron chi connectivity index (χ4n) is 2.07. The quantitative estimate of drug-likeness (QED) is 0.689. The molecule has 3 aromatic rings. The van der Waals surface area contributed by atoms with Gasteiger partial charge in [0.15, 0.2) is 11.5 Å². The molecule has 0 atom stereocenters. The smallest absolute Gasteiger partial charge is 0.161 e. The molecule has 0 aliphatic heterocycles. The first-order valence-corrected chi connectivity index (χ1v) is 6.03. The van der Waals surface area contributed by atoms with Crippen LogP contribution in [-0.4, -0.2) is 19.7 Å². The van der Waals surface area contributed by atoms with E-state index in [1.54, 1.807) is 4.68 Å². The van der Waals surface area contributed by atoms with Crippen molar-refractivity contribution in [2.45, 2.75) is 13.3 Å². The van der Waals surface area contributed by atoms with Gasteiger partial charge in [0.05, 0.1) is 17.3 Å². The summed E-state index contributed by atoms with van der Waals surface area (Å²) in [5, 5.41) is 5.29. The van der Waals surface area contributed by atoms with Crippen LogP contribution in [0.3, 0.4) is 0 Å². The number of aromatic nitrogens is 4. The Morgan fingerprint density at radius 1 is 1.11 bits per heavy atom. The van der Waals surface area contributed by atoms with Gasteiger partial charge in [-0.25, -0.2) is 9.97 Å². The third-order valence-corrected chi connectivity index (χ3v) is 3.04. The van der Waals surface area contributed by atoms with Crippen molar-refractivity contribution in [1.29, 1.82) is 0 Å². The second-order valence-electron chi connectivity index (χ2n) is 4.22. The van der Waals surface area contributed by atoms with Gasteiger partial charge < -0.3 is 0 Å². The Kier molecular flexibility index (Phi) is 2.55. The van der Waals surface area contributed by atoms with Crippen molar-refractivity contribution in [2.24, 2.45) is 7.05 Å². The van der Waals surface area contributed by atoms with Gasteiger partial charge in [-0.1, -0.05) is 37.3 Å². The van der Waals surface area contributed by atoms with Crippen molar-refractivity contribution in [1.82, 2.24) is 19.7 Å². The van der Waals surface area contributed by atoms with Gasteiger partial charge in [0, 0.05) is 12.6 Å².